The number of aromatic carboxylic acids is 1. The Hall–Kier alpha value is -1.32. The molecule has 0 aliphatic rings. The monoisotopic (exact) mass is 135 g/mol. The smallest absolute Gasteiger partial charge is 0.354 e. The summed E-state index contributed by atoms with van der Waals surface area (Å²) in [5.74, 6) is -0.983. The van der Waals surface area contributed by atoms with Gasteiger partial charge in [-0.15, -0.1) is 0 Å². The Labute approximate surface area is 59.1 Å². The van der Waals surface area contributed by atoms with Crippen molar-refractivity contribution in [2.24, 2.45) is 0 Å². The number of pyridine rings is 1. The van der Waals surface area contributed by atoms with Gasteiger partial charge >= 0.3 is 5.97 Å². The fourth-order valence-corrected chi connectivity index (χ4v) is 0.662. The van der Waals surface area contributed by atoms with Crippen LogP contribution in [0, 0.1) is 0 Å². The summed E-state index contributed by atoms with van der Waals surface area (Å²) in [7, 11) is 1.76. The minimum absolute atomic E-state index is 0.0972. The van der Waals surface area contributed by atoms with E-state index in [0.29, 0.717) is 0 Å². The molecule has 0 aliphatic heterocycles. The van der Waals surface area contributed by atoms with Gasteiger partial charge < -0.3 is 5.11 Å². The van der Waals surface area contributed by atoms with Crippen molar-refractivity contribution in [1.29, 1.82) is 0 Å². The van der Waals surface area contributed by atoms with Gasteiger partial charge in [0.15, 0.2) is 7.85 Å². The lowest BCUT2D eigenvalue weighted by atomic mass is 10.0. The standard InChI is InChI=1S/C6H6BNO2/c7-5-3-1-2-4(8-5)6(9)10/h1-3H,7H2,(H,9,10). The van der Waals surface area contributed by atoms with Gasteiger partial charge in [0.25, 0.3) is 0 Å². The SMILES string of the molecule is Bc1cccc(C(=O)O)n1. The van der Waals surface area contributed by atoms with Crippen LogP contribution < -0.4 is 5.59 Å². The van der Waals surface area contributed by atoms with Crippen LogP contribution in [0.15, 0.2) is 18.2 Å². The molecule has 1 rings (SSSR count). The van der Waals surface area contributed by atoms with E-state index in [9.17, 15) is 4.79 Å². The largest absolute Gasteiger partial charge is 0.477 e. The molecule has 1 aromatic heterocycles. The van der Waals surface area contributed by atoms with Crippen molar-refractivity contribution in [2.75, 3.05) is 0 Å². The predicted octanol–water partition coefficient (Wildman–Crippen LogP) is -0.962. The summed E-state index contributed by atoms with van der Waals surface area (Å²) in [6.45, 7) is 0. The van der Waals surface area contributed by atoms with E-state index in [0.717, 1.165) is 5.59 Å². The third-order valence-electron chi connectivity index (χ3n) is 1.11. The fourth-order valence-electron chi connectivity index (χ4n) is 0.662. The number of nitrogens with zero attached hydrogens (tertiary/aromatic N) is 1. The van der Waals surface area contributed by atoms with E-state index in [1.807, 2.05) is 0 Å². The molecule has 0 atom stereocenters. The van der Waals surface area contributed by atoms with Crippen LogP contribution in [0.1, 0.15) is 10.5 Å². The van der Waals surface area contributed by atoms with Crippen molar-refractivity contribution in [3.8, 4) is 0 Å². The first-order valence-electron chi connectivity index (χ1n) is 2.87. The number of hydrogen-bond acceptors (Lipinski definition) is 2. The fraction of sp³-hybridized carbons (Fsp3) is 0. The molecule has 4 heteroatoms. The Morgan fingerprint density at radius 1 is 1.60 bits per heavy atom. The highest BCUT2D eigenvalue weighted by Crippen LogP contribution is 1.88. The number of rotatable bonds is 1. The highest BCUT2D eigenvalue weighted by molar-refractivity contribution is 6.30. The van der Waals surface area contributed by atoms with Gasteiger partial charge in [-0.1, -0.05) is 12.1 Å². The van der Waals surface area contributed by atoms with Gasteiger partial charge in [0.05, 0.1) is 0 Å². The van der Waals surface area contributed by atoms with Crippen LogP contribution in [0.2, 0.25) is 0 Å². The van der Waals surface area contributed by atoms with Crippen LogP contribution >= 0.6 is 0 Å². The van der Waals surface area contributed by atoms with Crippen LogP contribution in [0.3, 0.4) is 0 Å². The zero-order valence-corrected chi connectivity index (χ0v) is 5.53. The average molecular weight is 135 g/mol. The summed E-state index contributed by atoms with van der Waals surface area (Å²) in [5, 5.41) is 8.45. The van der Waals surface area contributed by atoms with Gasteiger partial charge in [0.2, 0.25) is 0 Å². The molecule has 10 heavy (non-hydrogen) atoms. The van der Waals surface area contributed by atoms with Crippen LogP contribution in [0.4, 0.5) is 0 Å². The van der Waals surface area contributed by atoms with Gasteiger partial charge in [-0.25, -0.2) is 4.79 Å². The maximum Gasteiger partial charge on any atom is 0.354 e. The van der Waals surface area contributed by atoms with Gasteiger partial charge in [0, 0.05) is 0 Å². The molecule has 1 heterocycles. The van der Waals surface area contributed by atoms with E-state index in [-0.39, 0.29) is 5.69 Å². The van der Waals surface area contributed by atoms with Crippen molar-refractivity contribution in [2.45, 2.75) is 0 Å². The first-order valence-corrected chi connectivity index (χ1v) is 2.87. The van der Waals surface area contributed by atoms with Crippen molar-refractivity contribution in [3.05, 3.63) is 23.9 Å². The summed E-state index contributed by atoms with van der Waals surface area (Å²) in [5.41, 5.74) is 0.819. The van der Waals surface area contributed by atoms with Gasteiger partial charge in [0.1, 0.15) is 5.69 Å². The predicted molar refractivity (Wildman–Crippen MR) is 39.4 cm³/mol. The number of carboxylic acids is 1. The molecule has 0 fully saturated rings. The van der Waals surface area contributed by atoms with E-state index < -0.39 is 5.97 Å². The minimum atomic E-state index is -0.983. The van der Waals surface area contributed by atoms with E-state index in [4.69, 9.17) is 5.11 Å². The van der Waals surface area contributed by atoms with Gasteiger partial charge in [-0.2, -0.15) is 0 Å². The number of aromatic nitrogens is 1. The van der Waals surface area contributed by atoms with Crippen molar-refractivity contribution in [1.82, 2.24) is 4.98 Å². The third-order valence-corrected chi connectivity index (χ3v) is 1.11. The van der Waals surface area contributed by atoms with Gasteiger partial charge in [-0.05, 0) is 11.7 Å². The summed E-state index contributed by atoms with van der Waals surface area (Å²) < 4.78 is 0. The highest BCUT2D eigenvalue weighted by atomic mass is 16.4. The maximum absolute atomic E-state index is 10.3. The molecule has 0 saturated carbocycles. The van der Waals surface area contributed by atoms with Crippen LogP contribution in [-0.4, -0.2) is 23.9 Å². The van der Waals surface area contributed by atoms with E-state index in [2.05, 4.69) is 4.98 Å². The lowest BCUT2D eigenvalue weighted by Crippen LogP contribution is -2.12. The second-order valence-corrected chi connectivity index (χ2v) is 1.97. The van der Waals surface area contributed by atoms with E-state index >= 15 is 0 Å². The summed E-state index contributed by atoms with van der Waals surface area (Å²) >= 11 is 0. The molecule has 0 aliphatic carbocycles. The molecule has 0 radical (unpaired) electrons. The molecule has 0 aromatic carbocycles. The minimum Gasteiger partial charge on any atom is -0.477 e. The van der Waals surface area contributed by atoms with Crippen molar-refractivity contribution in [3.63, 3.8) is 0 Å². The molecule has 0 amide bonds. The molecule has 1 aromatic rings. The Bertz CT molecular complexity index is 262. The Balaban J connectivity index is 3.07. The normalized spacial score (nSPS) is 9.20. The van der Waals surface area contributed by atoms with E-state index in [1.54, 1.807) is 20.0 Å². The Morgan fingerprint density at radius 2 is 2.30 bits per heavy atom. The van der Waals surface area contributed by atoms with Crippen LogP contribution in [-0.2, 0) is 0 Å². The van der Waals surface area contributed by atoms with Crippen LogP contribution in [0.5, 0.6) is 0 Å². The molecule has 3 nitrogen and oxygen atoms in total. The topological polar surface area (TPSA) is 50.2 Å². The number of carboxylic acid groups (broad SMARTS) is 1. The number of carbonyl (C=O) groups is 1. The first-order chi connectivity index (χ1) is 4.70. The highest BCUT2D eigenvalue weighted by Gasteiger charge is 2.01. The quantitative estimate of drug-likeness (QED) is 0.504. The Kier molecular flexibility index (Phi) is 1.71. The summed E-state index contributed by atoms with van der Waals surface area (Å²) in [6, 6.07) is 4.90. The molecule has 0 unspecified atom stereocenters. The average Bonchev–Trinajstić information content (AvgIpc) is 1.88. The second-order valence-electron chi connectivity index (χ2n) is 1.97. The zero-order chi connectivity index (χ0) is 7.56. The van der Waals surface area contributed by atoms with Crippen molar-refractivity contribution < 1.29 is 9.90 Å². The first kappa shape index (κ1) is 6.80. The second kappa shape index (κ2) is 2.52. The lowest BCUT2D eigenvalue weighted by molar-refractivity contribution is 0.0691. The Morgan fingerprint density at radius 3 is 2.70 bits per heavy atom. The molecule has 0 spiro atoms. The molecular weight excluding hydrogens is 129 g/mol. The third kappa shape index (κ3) is 1.34. The van der Waals surface area contributed by atoms with Crippen molar-refractivity contribution >= 4 is 19.4 Å². The molecule has 0 saturated heterocycles. The summed E-state index contributed by atoms with van der Waals surface area (Å²) in [6.07, 6.45) is 0. The zero-order valence-electron chi connectivity index (χ0n) is 5.53. The van der Waals surface area contributed by atoms with Crippen LogP contribution in [0.25, 0.3) is 0 Å². The maximum atomic E-state index is 10.3. The lowest BCUT2D eigenvalue weighted by Gasteiger charge is -1.93. The molecule has 1 N–H and O–H groups in total. The molecular formula is C6H6BNO2. The number of hydrogen-bond donors (Lipinski definition) is 1. The molecule has 0 bridgehead atoms. The molecule has 50 valence electrons. The van der Waals surface area contributed by atoms with E-state index in [1.165, 1.54) is 6.07 Å². The summed E-state index contributed by atoms with van der Waals surface area (Å²) in [4.78, 5) is 14.1. The van der Waals surface area contributed by atoms with Gasteiger partial charge in [-0.3, -0.25) is 4.98 Å².